The average Bonchev–Trinajstić information content (AvgIpc) is 3.08. The number of pyridine rings is 1. The van der Waals surface area contributed by atoms with Crippen LogP contribution in [-0.4, -0.2) is 45.4 Å². The third kappa shape index (κ3) is 5.72. The fourth-order valence-corrected chi connectivity index (χ4v) is 6.02. The zero-order valence-electron chi connectivity index (χ0n) is 24.0. The van der Waals surface area contributed by atoms with E-state index in [2.05, 4.69) is 93.2 Å². The number of aromatic nitrogens is 1. The topological polar surface area (TPSA) is 63.7 Å². The Morgan fingerprint density at radius 3 is 2.46 bits per heavy atom. The maximum atomic E-state index is 13.1. The number of carbonyl (C=O) groups is 1. The molecule has 3 atom stereocenters. The van der Waals surface area contributed by atoms with E-state index in [1.165, 1.54) is 12.1 Å². The number of nitrogens with one attached hydrogen (secondary N) is 1. The van der Waals surface area contributed by atoms with Crippen LogP contribution in [0.4, 0.5) is 5.69 Å². The van der Waals surface area contributed by atoms with E-state index in [0.29, 0.717) is 25.6 Å². The maximum Gasteiger partial charge on any atom is 0.226 e. The average molecular weight is 524 g/mol. The summed E-state index contributed by atoms with van der Waals surface area (Å²) in [6.45, 7) is 21.6. The van der Waals surface area contributed by atoms with E-state index in [4.69, 9.17) is 9.16 Å². The Labute approximate surface area is 224 Å². The van der Waals surface area contributed by atoms with Crippen LogP contribution in [0.3, 0.4) is 0 Å². The summed E-state index contributed by atoms with van der Waals surface area (Å²) in [4.78, 5) is 20.0. The molecule has 2 fully saturated rings. The van der Waals surface area contributed by atoms with Crippen LogP contribution >= 0.6 is 0 Å². The van der Waals surface area contributed by atoms with Crippen LogP contribution in [0.2, 0.25) is 18.1 Å². The molecule has 1 unspecified atom stereocenters. The Bertz CT molecular complexity index is 1110. The Hall–Kier alpha value is -2.38. The summed E-state index contributed by atoms with van der Waals surface area (Å²) >= 11 is 0. The first-order chi connectivity index (χ1) is 17.3. The molecule has 0 saturated carbocycles. The van der Waals surface area contributed by atoms with Crippen LogP contribution in [0.1, 0.15) is 63.8 Å². The van der Waals surface area contributed by atoms with Crippen molar-refractivity contribution in [2.24, 2.45) is 11.3 Å². The standard InChI is InChI=1S/C30H45N3O3Si/c1-21-16-26(33-14-9-15-33)17-27(32-21)35-19-23-10-12-24(13-11-23)22(2)30(6)25(18-31-28(30)34)20-36-37(7,8)29(3,4)5/h10-13,16-17,22,25H,9,14-15,18-20H2,1-8H3,(H,31,34)/t22?,25-,30-/m1/s1. The Morgan fingerprint density at radius 2 is 1.86 bits per heavy atom. The van der Waals surface area contributed by atoms with Crippen LogP contribution in [0.5, 0.6) is 5.88 Å². The zero-order chi connectivity index (χ0) is 27.0. The van der Waals surface area contributed by atoms with Gasteiger partial charge in [0.15, 0.2) is 8.32 Å². The smallest absolute Gasteiger partial charge is 0.226 e. The van der Waals surface area contributed by atoms with Gasteiger partial charge in [0, 0.05) is 49.6 Å². The van der Waals surface area contributed by atoms with Crippen molar-refractivity contribution in [3.8, 4) is 5.88 Å². The van der Waals surface area contributed by atoms with Gasteiger partial charge in [0.05, 0.1) is 5.41 Å². The lowest BCUT2D eigenvalue weighted by Crippen LogP contribution is -2.45. The monoisotopic (exact) mass is 523 g/mol. The van der Waals surface area contributed by atoms with Crippen molar-refractivity contribution in [2.45, 2.75) is 78.6 Å². The number of anilines is 1. The molecule has 2 aliphatic heterocycles. The van der Waals surface area contributed by atoms with Crippen molar-refractivity contribution in [2.75, 3.05) is 31.1 Å². The van der Waals surface area contributed by atoms with Gasteiger partial charge in [-0.25, -0.2) is 4.98 Å². The van der Waals surface area contributed by atoms with Gasteiger partial charge >= 0.3 is 0 Å². The molecule has 6 nitrogen and oxygen atoms in total. The van der Waals surface area contributed by atoms with Crippen LogP contribution in [0.25, 0.3) is 0 Å². The van der Waals surface area contributed by atoms with E-state index >= 15 is 0 Å². The minimum atomic E-state index is -1.89. The molecule has 1 aromatic carbocycles. The molecule has 2 saturated heterocycles. The van der Waals surface area contributed by atoms with E-state index < -0.39 is 13.7 Å². The summed E-state index contributed by atoms with van der Waals surface area (Å²) in [6.07, 6.45) is 1.24. The van der Waals surface area contributed by atoms with E-state index in [-0.39, 0.29) is 22.8 Å². The molecule has 2 aliphatic rings. The molecule has 7 heteroatoms. The fourth-order valence-electron chi connectivity index (χ4n) is 4.97. The molecule has 0 bridgehead atoms. The Kier molecular flexibility index (Phi) is 7.78. The molecular weight excluding hydrogens is 478 g/mol. The highest BCUT2D eigenvalue weighted by Crippen LogP contribution is 2.46. The summed E-state index contributed by atoms with van der Waals surface area (Å²) < 4.78 is 12.6. The quantitative estimate of drug-likeness (QED) is 0.405. The molecule has 2 aromatic rings. The molecule has 0 aliphatic carbocycles. The molecule has 202 valence electrons. The van der Waals surface area contributed by atoms with Gasteiger partial charge in [0.25, 0.3) is 0 Å². The van der Waals surface area contributed by atoms with Crippen LogP contribution in [0.15, 0.2) is 36.4 Å². The third-order valence-corrected chi connectivity index (χ3v) is 13.7. The van der Waals surface area contributed by atoms with Crippen molar-refractivity contribution < 1.29 is 14.0 Å². The van der Waals surface area contributed by atoms with Crippen molar-refractivity contribution in [1.82, 2.24) is 10.3 Å². The van der Waals surface area contributed by atoms with Crippen LogP contribution < -0.4 is 15.0 Å². The number of nitrogens with zero attached hydrogens (tertiary/aromatic N) is 2. The molecule has 1 N–H and O–H groups in total. The van der Waals surface area contributed by atoms with E-state index in [9.17, 15) is 4.79 Å². The number of hydrogen-bond donors (Lipinski definition) is 1. The lowest BCUT2D eigenvalue weighted by Gasteiger charge is -2.40. The Balaban J connectivity index is 1.41. The minimum Gasteiger partial charge on any atom is -0.473 e. The summed E-state index contributed by atoms with van der Waals surface area (Å²) in [6, 6.07) is 12.6. The van der Waals surface area contributed by atoms with Gasteiger partial charge in [-0.2, -0.15) is 0 Å². The van der Waals surface area contributed by atoms with Gasteiger partial charge in [0.2, 0.25) is 11.8 Å². The predicted octanol–water partition coefficient (Wildman–Crippen LogP) is 6.06. The maximum absolute atomic E-state index is 13.1. The first-order valence-electron chi connectivity index (χ1n) is 13.7. The normalized spacial score (nSPS) is 23.0. The first kappa shape index (κ1) is 27.6. The molecule has 4 rings (SSSR count). The Morgan fingerprint density at radius 1 is 1.19 bits per heavy atom. The van der Waals surface area contributed by atoms with E-state index in [0.717, 1.165) is 29.9 Å². The largest absolute Gasteiger partial charge is 0.473 e. The number of ether oxygens (including phenoxy) is 1. The second kappa shape index (κ2) is 10.4. The number of rotatable bonds is 9. The first-order valence-corrected chi connectivity index (χ1v) is 16.6. The van der Waals surface area contributed by atoms with Crippen molar-refractivity contribution >= 4 is 19.9 Å². The van der Waals surface area contributed by atoms with Gasteiger partial charge in [-0.05, 0) is 61.5 Å². The van der Waals surface area contributed by atoms with Gasteiger partial charge in [-0.3, -0.25) is 4.79 Å². The molecule has 0 radical (unpaired) electrons. The summed E-state index contributed by atoms with van der Waals surface area (Å²) in [5.74, 6) is 0.995. The van der Waals surface area contributed by atoms with E-state index in [1.807, 2.05) is 13.0 Å². The van der Waals surface area contributed by atoms with Crippen LogP contribution in [0, 0.1) is 18.3 Å². The van der Waals surface area contributed by atoms with Gasteiger partial charge in [0.1, 0.15) is 6.61 Å². The number of carbonyl (C=O) groups excluding carboxylic acids is 1. The highest BCUT2D eigenvalue weighted by atomic mass is 28.4. The molecule has 3 heterocycles. The zero-order valence-corrected chi connectivity index (χ0v) is 25.0. The minimum absolute atomic E-state index is 0.0653. The van der Waals surface area contributed by atoms with Gasteiger partial charge < -0.3 is 19.4 Å². The molecule has 1 amide bonds. The van der Waals surface area contributed by atoms with Crippen molar-refractivity contribution in [3.05, 3.63) is 53.2 Å². The number of aryl methyl sites for hydroxylation is 1. The number of benzene rings is 1. The molecular formula is C30H45N3O3Si. The second-order valence-electron chi connectivity index (χ2n) is 12.7. The van der Waals surface area contributed by atoms with E-state index in [1.54, 1.807) is 0 Å². The van der Waals surface area contributed by atoms with Crippen molar-refractivity contribution in [1.29, 1.82) is 0 Å². The fraction of sp³-hybridized carbons (Fsp3) is 0.600. The van der Waals surface area contributed by atoms with Gasteiger partial charge in [-0.15, -0.1) is 0 Å². The number of hydrogen-bond acceptors (Lipinski definition) is 5. The number of amides is 1. The summed E-state index contributed by atoms with van der Waals surface area (Å²) in [5, 5.41) is 3.27. The van der Waals surface area contributed by atoms with Crippen molar-refractivity contribution in [3.63, 3.8) is 0 Å². The lowest BCUT2D eigenvalue weighted by atomic mass is 9.68. The highest BCUT2D eigenvalue weighted by molar-refractivity contribution is 6.74. The second-order valence-corrected chi connectivity index (χ2v) is 17.5. The highest BCUT2D eigenvalue weighted by Gasteiger charge is 2.51. The lowest BCUT2D eigenvalue weighted by molar-refractivity contribution is -0.129. The molecule has 0 spiro atoms. The third-order valence-electron chi connectivity index (χ3n) is 9.20. The summed E-state index contributed by atoms with van der Waals surface area (Å²) in [5.41, 5.74) is 3.89. The molecule has 1 aromatic heterocycles. The summed E-state index contributed by atoms with van der Waals surface area (Å²) in [7, 11) is -1.89. The predicted molar refractivity (Wildman–Crippen MR) is 153 cm³/mol. The SMILES string of the molecule is Cc1cc(N2CCC2)cc(OCc2ccc(C(C)[C@@]3(C)C(=O)NC[C@@H]3CO[Si](C)(C)C(C)(C)C)cc2)n1. The van der Waals surface area contributed by atoms with Gasteiger partial charge in [-0.1, -0.05) is 52.0 Å². The van der Waals surface area contributed by atoms with Crippen LogP contribution in [-0.2, 0) is 15.8 Å². The molecule has 37 heavy (non-hydrogen) atoms.